The minimum absolute atomic E-state index is 0. The number of nitrogens with two attached hydrogens (primary N) is 1. The molecule has 0 spiro atoms. The molecule has 2 atom stereocenters. The molecule has 1 saturated heterocycles. The van der Waals surface area contributed by atoms with E-state index in [1.54, 1.807) is 0 Å². The van der Waals surface area contributed by atoms with Crippen molar-refractivity contribution in [1.82, 2.24) is 10.2 Å². The van der Waals surface area contributed by atoms with Crippen LogP contribution in [0.3, 0.4) is 0 Å². The first-order valence-electron chi connectivity index (χ1n) is 8.76. The van der Waals surface area contributed by atoms with E-state index in [-0.39, 0.29) is 30.0 Å². The number of hydrogen-bond acceptors (Lipinski definition) is 3. The van der Waals surface area contributed by atoms with Crippen molar-refractivity contribution in [1.29, 1.82) is 0 Å². The standard InChI is InChI=1S/C18H28N4O.HI/c1-14-6-4-5-11-22(14)12-10-20-18(19)21-16-9-13-23-17-8-3-2-7-15(16)17;/h2-3,7-8,14,16H,4-6,9-13H2,1H3,(H3,19,20,21);1H. The van der Waals surface area contributed by atoms with Gasteiger partial charge in [-0.3, -0.25) is 9.89 Å². The van der Waals surface area contributed by atoms with E-state index in [0.717, 1.165) is 25.3 Å². The van der Waals surface area contributed by atoms with Crippen molar-refractivity contribution in [3.05, 3.63) is 29.8 Å². The van der Waals surface area contributed by atoms with Crippen LogP contribution in [0.25, 0.3) is 0 Å². The summed E-state index contributed by atoms with van der Waals surface area (Å²) in [5.41, 5.74) is 7.26. The van der Waals surface area contributed by atoms with Gasteiger partial charge in [0.15, 0.2) is 5.96 Å². The van der Waals surface area contributed by atoms with Gasteiger partial charge in [-0.1, -0.05) is 24.6 Å². The topological polar surface area (TPSA) is 62.9 Å². The van der Waals surface area contributed by atoms with Crippen molar-refractivity contribution in [3.63, 3.8) is 0 Å². The number of benzene rings is 1. The molecule has 5 nitrogen and oxygen atoms in total. The molecule has 3 rings (SSSR count). The molecule has 0 radical (unpaired) electrons. The number of halogens is 1. The van der Waals surface area contributed by atoms with Crippen molar-refractivity contribution in [2.45, 2.75) is 44.7 Å². The van der Waals surface area contributed by atoms with Gasteiger partial charge in [-0.05, 0) is 32.4 Å². The summed E-state index contributed by atoms with van der Waals surface area (Å²) in [6, 6.07) is 9.00. The van der Waals surface area contributed by atoms with Gasteiger partial charge in [-0.15, -0.1) is 24.0 Å². The third kappa shape index (κ3) is 4.99. The molecule has 0 aliphatic carbocycles. The van der Waals surface area contributed by atoms with Crippen LogP contribution in [0.5, 0.6) is 5.75 Å². The molecule has 1 aromatic carbocycles. The van der Waals surface area contributed by atoms with E-state index in [0.29, 0.717) is 18.6 Å². The number of aliphatic imine (C=N–C) groups is 1. The molecule has 1 fully saturated rings. The molecule has 134 valence electrons. The molecule has 0 bridgehead atoms. The van der Waals surface area contributed by atoms with Crippen molar-refractivity contribution in [2.75, 3.05) is 26.2 Å². The Morgan fingerprint density at radius 3 is 3.00 bits per heavy atom. The minimum atomic E-state index is 0. The number of piperidine rings is 1. The molecule has 0 amide bonds. The summed E-state index contributed by atoms with van der Waals surface area (Å²) in [6.07, 6.45) is 4.88. The number of guanidine groups is 1. The van der Waals surface area contributed by atoms with Crippen LogP contribution in [-0.4, -0.2) is 43.1 Å². The molecular formula is C18H29IN4O. The van der Waals surface area contributed by atoms with Gasteiger partial charge in [0.2, 0.25) is 0 Å². The van der Waals surface area contributed by atoms with Gasteiger partial charge in [-0.25, -0.2) is 0 Å². The van der Waals surface area contributed by atoms with Gasteiger partial charge in [0.05, 0.1) is 19.2 Å². The Balaban J connectivity index is 0.00000208. The van der Waals surface area contributed by atoms with Crippen LogP contribution in [0.15, 0.2) is 29.3 Å². The minimum Gasteiger partial charge on any atom is -0.493 e. The van der Waals surface area contributed by atoms with Gasteiger partial charge in [-0.2, -0.15) is 0 Å². The zero-order valence-corrected chi connectivity index (χ0v) is 16.7. The highest BCUT2D eigenvalue weighted by Gasteiger charge is 2.21. The second-order valence-electron chi connectivity index (χ2n) is 6.52. The number of rotatable bonds is 4. The Morgan fingerprint density at radius 1 is 1.33 bits per heavy atom. The lowest BCUT2D eigenvalue weighted by atomic mass is 10.0. The van der Waals surface area contributed by atoms with Crippen molar-refractivity contribution in [3.8, 4) is 5.75 Å². The van der Waals surface area contributed by atoms with Gasteiger partial charge in [0.25, 0.3) is 0 Å². The average Bonchev–Trinajstić information content (AvgIpc) is 2.57. The van der Waals surface area contributed by atoms with Gasteiger partial charge in [0, 0.05) is 24.6 Å². The first-order valence-corrected chi connectivity index (χ1v) is 8.76. The summed E-state index contributed by atoms with van der Waals surface area (Å²) in [7, 11) is 0. The fraction of sp³-hybridized carbons (Fsp3) is 0.611. The van der Waals surface area contributed by atoms with Crippen LogP contribution in [0.1, 0.15) is 44.2 Å². The van der Waals surface area contributed by atoms with Crippen LogP contribution in [-0.2, 0) is 0 Å². The summed E-state index contributed by atoms with van der Waals surface area (Å²) < 4.78 is 5.68. The average molecular weight is 444 g/mol. The fourth-order valence-corrected chi connectivity index (χ4v) is 3.50. The maximum Gasteiger partial charge on any atom is 0.189 e. The summed E-state index contributed by atoms with van der Waals surface area (Å²) in [4.78, 5) is 7.04. The van der Waals surface area contributed by atoms with Crippen LogP contribution in [0.2, 0.25) is 0 Å². The molecule has 1 aromatic rings. The molecule has 24 heavy (non-hydrogen) atoms. The predicted octanol–water partition coefficient (Wildman–Crippen LogP) is 2.91. The Kier molecular flexibility index (Phi) is 7.61. The van der Waals surface area contributed by atoms with E-state index < -0.39 is 0 Å². The predicted molar refractivity (Wildman–Crippen MR) is 109 cm³/mol. The highest BCUT2D eigenvalue weighted by molar-refractivity contribution is 14.0. The third-order valence-corrected chi connectivity index (χ3v) is 4.89. The summed E-state index contributed by atoms with van der Waals surface area (Å²) in [5, 5.41) is 3.35. The molecule has 2 aliphatic heterocycles. The van der Waals surface area contributed by atoms with E-state index in [1.165, 1.54) is 31.4 Å². The Morgan fingerprint density at radius 2 is 2.17 bits per heavy atom. The first-order chi connectivity index (χ1) is 11.2. The second kappa shape index (κ2) is 9.46. The number of fused-ring (bicyclic) bond motifs is 1. The van der Waals surface area contributed by atoms with Gasteiger partial charge < -0.3 is 15.8 Å². The summed E-state index contributed by atoms with van der Waals surface area (Å²) in [5.74, 6) is 1.49. The fourth-order valence-electron chi connectivity index (χ4n) is 3.50. The van der Waals surface area contributed by atoms with Crippen molar-refractivity contribution in [2.24, 2.45) is 10.7 Å². The van der Waals surface area contributed by atoms with Gasteiger partial charge >= 0.3 is 0 Å². The molecule has 2 heterocycles. The number of nitrogens with one attached hydrogen (secondary N) is 1. The lowest BCUT2D eigenvalue weighted by Gasteiger charge is -2.32. The third-order valence-electron chi connectivity index (χ3n) is 4.89. The van der Waals surface area contributed by atoms with Crippen molar-refractivity contribution >= 4 is 29.9 Å². The normalized spacial score (nSPS) is 24.5. The SMILES string of the molecule is CC1CCCCN1CCN=C(N)NC1CCOc2ccccc21.I. The number of likely N-dealkylation sites (tertiary alicyclic amines) is 1. The number of hydrogen-bond donors (Lipinski definition) is 2. The quantitative estimate of drug-likeness (QED) is 0.426. The maximum absolute atomic E-state index is 6.09. The Bertz CT molecular complexity index is 552. The second-order valence-corrected chi connectivity index (χ2v) is 6.52. The molecule has 3 N–H and O–H groups in total. The van der Waals surface area contributed by atoms with Crippen LogP contribution in [0.4, 0.5) is 0 Å². The lowest BCUT2D eigenvalue weighted by Crippen LogP contribution is -2.40. The number of nitrogens with zero attached hydrogens (tertiary/aromatic N) is 2. The summed E-state index contributed by atoms with van der Waals surface area (Å²) >= 11 is 0. The van der Waals surface area contributed by atoms with E-state index in [9.17, 15) is 0 Å². The zero-order valence-electron chi connectivity index (χ0n) is 14.4. The number of ether oxygens (including phenoxy) is 1. The maximum atomic E-state index is 6.09. The largest absolute Gasteiger partial charge is 0.493 e. The Labute approximate surface area is 162 Å². The van der Waals surface area contributed by atoms with Crippen molar-refractivity contribution < 1.29 is 4.74 Å². The smallest absolute Gasteiger partial charge is 0.189 e. The molecule has 0 aromatic heterocycles. The lowest BCUT2D eigenvalue weighted by molar-refractivity contribution is 0.166. The highest BCUT2D eigenvalue weighted by atomic mass is 127. The van der Waals surface area contributed by atoms with Crippen LogP contribution >= 0.6 is 24.0 Å². The molecular weight excluding hydrogens is 415 g/mol. The van der Waals surface area contributed by atoms with Gasteiger partial charge in [0.1, 0.15) is 5.75 Å². The zero-order chi connectivity index (χ0) is 16.1. The van der Waals surface area contributed by atoms with Crippen LogP contribution < -0.4 is 15.8 Å². The Hall–Kier alpha value is -1.02. The summed E-state index contributed by atoms with van der Waals surface area (Å²) in [6.45, 7) is 5.97. The molecule has 2 unspecified atom stereocenters. The molecule has 0 saturated carbocycles. The van der Waals surface area contributed by atoms with E-state index >= 15 is 0 Å². The van der Waals surface area contributed by atoms with E-state index in [1.807, 2.05) is 18.2 Å². The monoisotopic (exact) mass is 444 g/mol. The highest BCUT2D eigenvalue weighted by Crippen LogP contribution is 2.31. The molecule has 2 aliphatic rings. The van der Waals surface area contributed by atoms with Crippen LogP contribution in [0, 0.1) is 0 Å². The molecule has 6 heteroatoms. The van der Waals surface area contributed by atoms with E-state index in [4.69, 9.17) is 10.5 Å². The first kappa shape index (κ1) is 19.3. The van der Waals surface area contributed by atoms with E-state index in [2.05, 4.69) is 28.2 Å². The number of para-hydroxylation sites is 1.